The normalized spacial score (nSPS) is 11.1. The fourth-order valence-corrected chi connectivity index (χ4v) is 2.84. The van der Waals surface area contributed by atoms with E-state index in [2.05, 4.69) is 36.2 Å². The maximum Gasteiger partial charge on any atom is 0.277 e. The first kappa shape index (κ1) is 15.7. The van der Waals surface area contributed by atoms with Crippen LogP contribution in [0.5, 0.6) is 0 Å². The van der Waals surface area contributed by atoms with E-state index in [4.69, 9.17) is 4.42 Å². The zero-order chi connectivity index (χ0) is 16.2. The van der Waals surface area contributed by atoms with E-state index in [0.717, 1.165) is 11.1 Å². The molecule has 0 radical (unpaired) electrons. The molecule has 23 heavy (non-hydrogen) atoms. The molecule has 3 aromatic rings. The highest BCUT2D eigenvalue weighted by Gasteiger charge is 2.10. The maximum atomic E-state index is 12.9. The van der Waals surface area contributed by atoms with Crippen molar-refractivity contribution in [3.63, 3.8) is 0 Å². The average molecular weight is 328 g/mol. The van der Waals surface area contributed by atoms with Crippen molar-refractivity contribution in [3.05, 3.63) is 65.5 Å². The number of aromatic nitrogens is 2. The van der Waals surface area contributed by atoms with Crippen LogP contribution in [0, 0.1) is 5.82 Å². The Morgan fingerprint density at radius 2 is 1.70 bits per heavy atom. The van der Waals surface area contributed by atoms with E-state index < -0.39 is 0 Å². The lowest BCUT2D eigenvalue weighted by Gasteiger charge is -2.04. The SMILES string of the molecule is CC(C)c1ccc(-c2nnc(SCc3ccc(F)cc3)o2)cc1. The molecule has 3 nitrogen and oxygen atoms in total. The van der Waals surface area contributed by atoms with E-state index in [0.29, 0.717) is 22.8 Å². The van der Waals surface area contributed by atoms with Gasteiger partial charge in [-0.05, 0) is 41.3 Å². The molecule has 0 saturated heterocycles. The molecule has 0 amide bonds. The van der Waals surface area contributed by atoms with Crippen molar-refractivity contribution in [3.8, 4) is 11.5 Å². The van der Waals surface area contributed by atoms with Gasteiger partial charge >= 0.3 is 0 Å². The van der Waals surface area contributed by atoms with Gasteiger partial charge in [-0.2, -0.15) is 0 Å². The van der Waals surface area contributed by atoms with Crippen molar-refractivity contribution in [2.45, 2.75) is 30.7 Å². The van der Waals surface area contributed by atoms with Crippen LogP contribution in [0.1, 0.15) is 30.9 Å². The smallest absolute Gasteiger partial charge is 0.277 e. The van der Waals surface area contributed by atoms with Crippen LogP contribution in [-0.2, 0) is 5.75 Å². The quantitative estimate of drug-likeness (QED) is 0.596. The topological polar surface area (TPSA) is 38.9 Å². The predicted molar refractivity (Wildman–Crippen MR) is 89.8 cm³/mol. The van der Waals surface area contributed by atoms with Gasteiger partial charge in [-0.15, -0.1) is 10.2 Å². The van der Waals surface area contributed by atoms with Crippen molar-refractivity contribution in [2.24, 2.45) is 0 Å². The summed E-state index contributed by atoms with van der Waals surface area (Å²) in [5.74, 6) is 1.44. The second-order valence-corrected chi connectivity index (χ2v) is 6.49. The van der Waals surface area contributed by atoms with Gasteiger partial charge in [0.25, 0.3) is 5.22 Å². The lowest BCUT2D eigenvalue weighted by Crippen LogP contribution is -1.86. The summed E-state index contributed by atoms with van der Waals surface area (Å²) >= 11 is 1.44. The first-order valence-corrected chi connectivity index (χ1v) is 8.41. The molecule has 0 bridgehead atoms. The summed E-state index contributed by atoms with van der Waals surface area (Å²) in [5.41, 5.74) is 3.20. The van der Waals surface area contributed by atoms with Crippen molar-refractivity contribution in [1.82, 2.24) is 10.2 Å². The zero-order valence-corrected chi connectivity index (χ0v) is 13.8. The van der Waals surface area contributed by atoms with Gasteiger partial charge in [0.05, 0.1) is 0 Å². The van der Waals surface area contributed by atoms with Gasteiger partial charge in [0.1, 0.15) is 5.82 Å². The minimum atomic E-state index is -0.233. The van der Waals surface area contributed by atoms with Crippen molar-refractivity contribution >= 4 is 11.8 Å². The third-order valence-electron chi connectivity index (χ3n) is 3.51. The summed E-state index contributed by atoms with van der Waals surface area (Å²) in [5, 5.41) is 8.66. The zero-order valence-electron chi connectivity index (χ0n) is 13.0. The molecule has 2 aromatic carbocycles. The number of nitrogens with zero attached hydrogens (tertiary/aromatic N) is 2. The first-order valence-electron chi connectivity index (χ1n) is 7.43. The number of rotatable bonds is 5. The maximum absolute atomic E-state index is 12.9. The number of halogens is 1. The molecule has 5 heteroatoms. The third-order valence-corrected chi connectivity index (χ3v) is 4.40. The molecule has 0 fully saturated rings. The van der Waals surface area contributed by atoms with Gasteiger partial charge in [0, 0.05) is 11.3 Å². The van der Waals surface area contributed by atoms with E-state index in [1.54, 1.807) is 12.1 Å². The second-order valence-electron chi connectivity index (χ2n) is 5.56. The van der Waals surface area contributed by atoms with Crippen LogP contribution in [0.25, 0.3) is 11.5 Å². The Bertz CT molecular complexity index is 766. The summed E-state index contributed by atoms with van der Waals surface area (Å²) in [6.07, 6.45) is 0. The Hall–Kier alpha value is -2.14. The van der Waals surface area contributed by atoms with Crippen LogP contribution >= 0.6 is 11.8 Å². The molecule has 1 aromatic heterocycles. The van der Waals surface area contributed by atoms with Crippen molar-refractivity contribution < 1.29 is 8.81 Å². The molecule has 0 unspecified atom stereocenters. The van der Waals surface area contributed by atoms with Gasteiger partial charge in [0.2, 0.25) is 5.89 Å². The highest BCUT2D eigenvalue weighted by Crippen LogP contribution is 2.26. The summed E-state index contributed by atoms with van der Waals surface area (Å²) in [6, 6.07) is 14.6. The van der Waals surface area contributed by atoms with Crippen LogP contribution in [0.2, 0.25) is 0 Å². The molecule has 0 aliphatic rings. The molecular formula is C18H17FN2OS. The molecule has 0 saturated carbocycles. The van der Waals surface area contributed by atoms with Crippen LogP contribution in [-0.4, -0.2) is 10.2 Å². The summed E-state index contributed by atoms with van der Waals surface area (Å²) in [6.45, 7) is 4.32. The predicted octanol–water partition coefficient (Wildman–Crippen LogP) is 5.29. The standard InChI is InChI=1S/C18H17FN2OS/c1-12(2)14-5-7-15(8-6-14)17-20-21-18(22-17)23-11-13-3-9-16(19)10-4-13/h3-10,12H,11H2,1-2H3. The molecule has 118 valence electrons. The Kier molecular flexibility index (Phi) is 4.76. The Morgan fingerprint density at radius 3 is 2.35 bits per heavy atom. The number of hydrogen-bond donors (Lipinski definition) is 0. The molecule has 0 aliphatic heterocycles. The Morgan fingerprint density at radius 1 is 1.00 bits per heavy atom. The van der Waals surface area contributed by atoms with E-state index in [1.165, 1.54) is 29.5 Å². The first-order chi connectivity index (χ1) is 11.1. The van der Waals surface area contributed by atoms with Gasteiger partial charge in [-0.3, -0.25) is 0 Å². The summed E-state index contributed by atoms with van der Waals surface area (Å²) < 4.78 is 18.6. The molecular weight excluding hydrogens is 311 g/mol. The van der Waals surface area contributed by atoms with Gasteiger partial charge in [-0.1, -0.05) is 49.9 Å². The van der Waals surface area contributed by atoms with Crippen LogP contribution in [0.3, 0.4) is 0 Å². The van der Waals surface area contributed by atoms with Crippen LogP contribution in [0.15, 0.2) is 58.2 Å². The second kappa shape index (κ2) is 6.96. The Balaban J connectivity index is 1.66. The summed E-state index contributed by atoms with van der Waals surface area (Å²) in [4.78, 5) is 0. The lowest BCUT2D eigenvalue weighted by molar-refractivity contribution is 0.466. The highest BCUT2D eigenvalue weighted by molar-refractivity contribution is 7.98. The third kappa shape index (κ3) is 3.99. The minimum Gasteiger partial charge on any atom is -0.411 e. The summed E-state index contributed by atoms with van der Waals surface area (Å²) in [7, 11) is 0. The number of thioether (sulfide) groups is 1. The molecule has 0 atom stereocenters. The monoisotopic (exact) mass is 328 g/mol. The molecule has 0 aliphatic carbocycles. The van der Waals surface area contributed by atoms with E-state index in [9.17, 15) is 4.39 Å². The van der Waals surface area contributed by atoms with Crippen LogP contribution in [0.4, 0.5) is 4.39 Å². The van der Waals surface area contributed by atoms with Crippen molar-refractivity contribution in [2.75, 3.05) is 0 Å². The minimum absolute atomic E-state index is 0.233. The molecule has 1 heterocycles. The van der Waals surface area contributed by atoms with E-state index in [-0.39, 0.29) is 5.82 Å². The highest BCUT2D eigenvalue weighted by atomic mass is 32.2. The lowest BCUT2D eigenvalue weighted by atomic mass is 10.0. The largest absolute Gasteiger partial charge is 0.411 e. The Labute approximate surface area is 138 Å². The van der Waals surface area contributed by atoms with Gasteiger partial charge in [-0.25, -0.2) is 4.39 Å². The van der Waals surface area contributed by atoms with Gasteiger partial charge in [0.15, 0.2) is 0 Å². The molecule has 3 rings (SSSR count). The fourth-order valence-electron chi connectivity index (χ4n) is 2.12. The average Bonchev–Trinajstić information content (AvgIpc) is 3.03. The van der Waals surface area contributed by atoms with Crippen LogP contribution < -0.4 is 0 Å². The van der Waals surface area contributed by atoms with E-state index >= 15 is 0 Å². The van der Waals surface area contributed by atoms with E-state index in [1.807, 2.05) is 12.1 Å². The molecule has 0 N–H and O–H groups in total. The number of hydrogen-bond acceptors (Lipinski definition) is 4. The number of benzene rings is 2. The van der Waals surface area contributed by atoms with Crippen molar-refractivity contribution in [1.29, 1.82) is 0 Å². The molecule has 0 spiro atoms. The van der Waals surface area contributed by atoms with Gasteiger partial charge < -0.3 is 4.42 Å². The fraction of sp³-hybridized carbons (Fsp3) is 0.222.